The molecule has 1 aromatic carbocycles. The minimum absolute atomic E-state index is 0.0622. The summed E-state index contributed by atoms with van der Waals surface area (Å²) in [5.74, 6) is -3.20. The van der Waals surface area contributed by atoms with Gasteiger partial charge in [-0.05, 0) is 38.2 Å². The van der Waals surface area contributed by atoms with Gasteiger partial charge in [-0.1, -0.05) is 44.2 Å². The molecular weight excluding hydrogens is 416 g/mol. The van der Waals surface area contributed by atoms with Gasteiger partial charge in [0.25, 0.3) is 0 Å². The minimum atomic E-state index is -1.51. The zero-order valence-electron chi connectivity index (χ0n) is 18.9. The van der Waals surface area contributed by atoms with Gasteiger partial charge in [0.05, 0.1) is 12.1 Å². The molecule has 0 aromatic heterocycles. The number of nitrogens with two attached hydrogens (primary N) is 1. The lowest BCUT2D eigenvalue weighted by Gasteiger charge is -2.25. The highest BCUT2D eigenvalue weighted by atomic mass is 16.4. The number of carboxylic acid groups (broad SMARTS) is 1. The molecule has 10 heteroatoms. The molecule has 0 aliphatic carbocycles. The van der Waals surface area contributed by atoms with E-state index in [-0.39, 0.29) is 5.92 Å². The zero-order valence-corrected chi connectivity index (χ0v) is 18.9. The van der Waals surface area contributed by atoms with Gasteiger partial charge in [0, 0.05) is 0 Å². The largest absolute Gasteiger partial charge is 0.480 e. The number of aliphatic hydroxyl groups is 1. The number of carbonyl (C=O) groups is 4. The molecule has 0 saturated carbocycles. The molecule has 1 rings (SSSR count). The lowest BCUT2D eigenvalue weighted by molar-refractivity contribution is -0.145. The Bertz CT molecular complexity index is 784. The lowest BCUT2D eigenvalue weighted by Crippen LogP contribution is -2.57. The average Bonchev–Trinajstić information content (AvgIpc) is 2.70. The molecule has 1 aromatic rings. The molecule has 0 radical (unpaired) electrons. The maximum atomic E-state index is 12.8. The number of rotatable bonds is 12. The molecule has 0 spiro atoms. The van der Waals surface area contributed by atoms with Crippen molar-refractivity contribution in [2.45, 2.75) is 70.8 Å². The van der Waals surface area contributed by atoms with Gasteiger partial charge in [-0.15, -0.1) is 0 Å². The second-order valence-corrected chi connectivity index (χ2v) is 8.28. The fraction of sp³-hybridized carbons (Fsp3) is 0.545. The first kappa shape index (κ1) is 27.1. The van der Waals surface area contributed by atoms with Crippen LogP contribution in [0.3, 0.4) is 0 Å². The van der Waals surface area contributed by atoms with Crippen LogP contribution >= 0.6 is 0 Å². The van der Waals surface area contributed by atoms with Gasteiger partial charge in [-0.25, -0.2) is 4.79 Å². The van der Waals surface area contributed by atoms with E-state index in [9.17, 15) is 24.3 Å². The van der Waals surface area contributed by atoms with Crippen LogP contribution in [-0.4, -0.2) is 64.2 Å². The molecule has 5 atom stereocenters. The summed E-state index contributed by atoms with van der Waals surface area (Å²) < 4.78 is 0. The number of hydrogen-bond acceptors (Lipinski definition) is 6. The predicted octanol–water partition coefficient (Wildman–Crippen LogP) is -0.458. The highest BCUT2D eigenvalue weighted by molar-refractivity contribution is 5.94. The third-order valence-corrected chi connectivity index (χ3v) is 4.77. The summed E-state index contributed by atoms with van der Waals surface area (Å²) in [6.07, 6.45) is -0.703. The van der Waals surface area contributed by atoms with E-state index in [2.05, 4.69) is 16.0 Å². The van der Waals surface area contributed by atoms with Crippen LogP contribution < -0.4 is 21.7 Å². The van der Waals surface area contributed by atoms with Gasteiger partial charge in [-0.2, -0.15) is 0 Å². The van der Waals surface area contributed by atoms with Crippen molar-refractivity contribution in [1.29, 1.82) is 0 Å². The number of benzene rings is 1. The summed E-state index contributed by atoms with van der Waals surface area (Å²) in [6, 6.07) is 4.86. The quantitative estimate of drug-likeness (QED) is 0.250. The fourth-order valence-corrected chi connectivity index (χ4v) is 2.99. The Balaban J connectivity index is 2.77. The minimum Gasteiger partial charge on any atom is -0.480 e. The van der Waals surface area contributed by atoms with Crippen LogP contribution in [0.15, 0.2) is 30.3 Å². The third-order valence-electron chi connectivity index (χ3n) is 4.77. The number of aliphatic carboxylic acids is 1. The predicted molar refractivity (Wildman–Crippen MR) is 118 cm³/mol. The van der Waals surface area contributed by atoms with Crippen LogP contribution in [0.25, 0.3) is 0 Å². The van der Waals surface area contributed by atoms with Gasteiger partial charge >= 0.3 is 5.97 Å². The van der Waals surface area contributed by atoms with Crippen molar-refractivity contribution >= 4 is 23.7 Å². The van der Waals surface area contributed by atoms with Crippen LogP contribution in [0.5, 0.6) is 0 Å². The molecule has 0 aliphatic heterocycles. The molecule has 0 aliphatic rings. The molecule has 5 unspecified atom stereocenters. The Labute approximate surface area is 187 Å². The standard InChI is InChI=1S/C22H34N4O6/c1-12(2)10-17(25-20(29)16(23)11-15-8-6-5-7-9-15)21(30)24-13(3)19(28)26-18(14(4)27)22(31)32/h5-9,12-14,16-18,27H,10-11,23H2,1-4H3,(H,24,30)(H,25,29)(H,26,28)(H,31,32). The molecule has 178 valence electrons. The van der Waals surface area contributed by atoms with E-state index in [1.165, 1.54) is 13.8 Å². The third kappa shape index (κ3) is 9.03. The number of nitrogens with one attached hydrogen (secondary N) is 3. The van der Waals surface area contributed by atoms with E-state index in [4.69, 9.17) is 10.8 Å². The molecule has 0 fully saturated rings. The van der Waals surface area contributed by atoms with Crippen molar-refractivity contribution in [3.05, 3.63) is 35.9 Å². The maximum absolute atomic E-state index is 12.8. The van der Waals surface area contributed by atoms with E-state index in [0.717, 1.165) is 5.56 Å². The molecule has 10 nitrogen and oxygen atoms in total. The van der Waals surface area contributed by atoms with E-state index in [1.807, 2.05) is 44.2 Å². The van der Waals surface area contributed by atoms with Crippen molar-refractivity contribution in [2.75, 3.05) is 0 Å². The van der Waals surface area contributed by atoms with Crippen molar-refractivity contribution in [2.24, 2.45) is 11.7 Å². The summed E-state index contributed by atoms with van der Waals surface area (Å²) in [5, 5.41) is 25.9. The summed E-state index contributed by atoms with van der Waals surface area (Å²) in [6.45, 7) is 6.37. The van der Waals surface area contributed by atoms with Crippen molar-refractivity contribution in [3.63, 3.8) is 0 Å². The fourth-order valence-electron chi connectivity index (χ4n) is 2.99. The SMILES string of the molecule is CC(C)CC(NC(=O)C(N)Cc1ccccc1)C(=O)NC(C)C(=O)NC(C(=O)O)C(C)O. The highest BCUT2D eigenvalue weighted by Crippen LogP contribution is 2.07. The smallest absolute Gasteiger partial charge is 0.328 e. The van der Waals surface area contributed by atoms with Crippen molar-refractivity contribution < 1.29 is 29.4 Å². The van der Waals surface area contributed by atoms with Crippen LogP contribution in [-0.2, 0) is 25.6 Å². The molecule has 0 saturated heterocycles. The van der Waals surface area contributed by atoms with Crippen molar-refractivity contribution in [1.82, 2.24) is 16.0 Å². The lowest BCUT2D eigenvalue weighted by atomic mass is 10.0. The number of carbonyl (C=O) groups excluding carboxylic acids is 3. The molecule has 0 heterocycles. The van der Waals surface area contributed by atoms with Crippen LogP contribution in [0.2, 0.25) is 0 Å². The summed E-state index contributed by atoms with van der Waals surface area (Å²) in [4.78, 5) is 48.7. The van der Waals surface area contributed by atoms with Crippen molar-refractivity contribution in [3.8, 4) is 0 Å². The number of aliphatic hydroxyl groups excluding tert-OH is 1. The Morgan fingerprint density at radius 2 is 1.50 bits per heavy atom. The van der Waals surface area contributed by atoms with Gasteiger partial charge < -0.3 is 31.9 Å². The van der Waals surface area contributed by atoms with E-state index in [1.54, 1.807) is 0 Å². The van der Waals surface area contributed by atoms with Crippen LogP contribution in [0.1, 0.15) is 39.7 Å². The Morgan fingerprint density at radius 1 is 0.906 bits per heavy atom. The monoisotopic (exact) mass is 450 g/mol. The summed E-state index contributed by atoms with van der Waals surface area (Å²) >= 11 is 0. The average molecular weight is 451 g/mol. The summed E-state index contributed by atoms with van der Waals surface area (Å²) in [7, 11) is 0. The normalized spacial score (nSPS) is 15.7. The zero-order chi connectivity index (χ0) is 24.4. The van der Waals surface area contributed by atoms with Gasteiger partial charge in [-0.3, -0.25) is 14.4 Å². The van der Waals surface area contributed by atoms with E-state index < -0.39 is 54.0 Å². The highest BCUT2D eigenvalue weighted by Gasteiger charge is 2.30. The van der Waals surface area contributed by atoms with E-state index >= 15 is 0 Å². The van der Waals surface area contributed by atoms with Crippen LogP contribution in [0.4, 0.5) is 0 Å². The van der Waals surface area contributed by atoms with Gasteiger partial charge in [0.2, 0.25) is 17.7 Å². The van der Waals surface area contributed by atoms with Crippen LogP contribution in [0, 0.1) is 5.92 Å². The number of amides is 3. The number of carboxylic acids is 1. The Hall–Kier alpha value is -2.98. The second kappa shape index (κ2) is 12.8. The van der Waals surface area contributed by atoms with Gasteiger partial charge in [0.1, 0.15) is 12.1 Å². The first-order valence-corrected chi connectivity index (χ1v) is 10.5. The molecular formula is C22H34N4O6. The Morgan fingerprint density at radius 3 is 2.00 bits per heavy atom. The Kier molecular flexibility index (Phi) is 10.8. The second-order valence-electron chi connectivity index (χ2n) is 8.28. The molecule has 3 amide bonds. The maximum Gasteiger partial charge on any atom is 0.328 e. The topological polar surface area (TPSA) is 171 Å². The van der Waals surface area contributed by atoms with E-state index in [0.29, 0.717) is 12.8 Å². The summed E-state index contributed by atoms with van der Waals surface area (Å²) in [5.41, 5.74) is 6.89. The molecule has 0 bridgehead atoms. The number of hydrogen-bond donors (Lipinski definition) is 6. The first-order chi connectivity index (χ1) is 14.9. The molecule has 7 N–H and O–H groups in total. The van der Waals surface area contributed by atoms with Gasteiger partial charge in [0.15, 0.2) is 6.04 Å². The first-order valence-electron chi connectivity index (χ1n) is 10.5. The molecule has 32 heavy (non-hydrogen) atoms.